The molecule has 0 aliphatic carbocycles. The molecule has 0 aliphatic heterocycles. The summed E-state index contributed by atoms with van der Waals surface area (Å²) in [5.41, 5.74) is 0.822. The van der Waals surface area contributed by atoms with Crippen molar-refractivity contribution in [2.24, 2.45) is 16.2 Å². The van der Waals surface area contributed by atoms with Crippen LogP contribution in [0.2, 0.25) is 0 Å². The van der Waals surface area contributed by atoms with Crippen molar-refractivity contribution < 1.29 is 19.1 Å². The molecule has 4 N–H and O–H groups in total. The van der Waals surface area contributed by atoms with Crippen LogP contribution in [0.3, 0.4) is 0 Å². The van der Waals surface area contributed by atoms with Crippen LogP contribution in [0.5, 0.6) is 0 Å². The lowest BCUT2D eigenvalue weighted by Crippen LogP contribution is -2.42. The van der Waals surface area contributed by atoms with Crippen LogP contribution in [0, 0.1) is 5.41 Å². The molecule has 1 amide bonds. The van der Waals surface area contributed by atoms with Crippen LogP contribution in [0.15, 0.2) is 40.7 Å². The maximum atomic E-state index is 11.8. The first-order valence-electron chi connectivity index (χ1n) is 6.80. The number of nitrogens with zero attached hydrogens (tertiary/aromatic N) is 2. The number of esters is 1. The normalized spacial score (nSPS) is 11.7. The summed E-state index contributed by atoms with van der Waals surface area (Å²) in [4.78, 5) is 23.4. The van der Waals surface area contributed by atoms with E-state index >= 15 is 0 Å². The summed E-state index contributed by atoms with van der Waals surface area (Å²) in [5, 5.41) is 16.1. The first kappa shape index (κ1) is 18.1. The lowest BCUT2D eigenvalue weighted by Gasteiger charge is -2.16. The summed E-state index contributed by atoms with van der Waals surface area (Å²) in [6.07, 6.45) is -0.541. The minimum absolute atomic E-state index is 0.0811. The summed E-state index contributed by atoms with van der Waals surface area (Å²) < 4.78 is 9.64. The van der Waals surface area contributed by atoms with Crippen LogP contribution < -0.4 is 11.2 Å². The summed E-state index contributed by atoms with van der Waals surface area (Å²) >= 11 is 0. The highest BCUT2D eigenvalue weighted by Gasteiger charge is 2.22. The molecule has 0 radical (unpaired) electrons. The van der Waals surface area contributed by atoms with E-state index in [1.54, 1.807) is 0 Å². The number of nitrogens with two attached hydrogens (primary N) is 1. The molecule has 0 heterocycles. The fraction of sp³-hybridized carbons (Fsp3) is 0.357. The lowest BCUT2D eigenvalue weighted by atomic mass is 10.1. The van der Waals surface area contributed by atoms with E-state index in [0.29, 0.717) is 0 Å². The zero-order valence-corrected chi connectivity index (χ0v) is 12.7. The molecule has 0 spiro atoms. The van der Waals surface area contributed by atoms with Crippen molar-refractivity contribution in [2.45, 2.75) is 25.5 Å². The van der Waals surface area contributed by atoms with E-state index in [-0.39, 0.29) is 25.3 Å². The van der Waals surface area contributed by atoms with Gasteiger partial charge in [0.05, 0.1) is 7.11 Å². The van der Waals surface area contributed by atoms with Crippen molar-refractivity contribution >= 4 is 17.9 Å². The summed E-state index contributed by atoms with van der Waals surface area (Å²) in [6.45, 7) is 0.0811. The van der Waals surface area contributed by atoms with Crippen LogP contribution in [-0.2, 0) is 20.9 Å². The molecule has 23 heavy (non-hydrogen) atoms. The van der Waals surface area contributed by atoms with Crippen molar-refractivity contribution in [2.75, 3.05) is 7.11 Å². The second-order valence-corrected chi connectivity index (χ2v) is 4.48. The number of amides is 1. The molecular weight excluding hydrogens is 302 g/mol. The maximum Gasteiger partial charge on any atom is 0.408 e. The Kier molecular flexibility index (Phi) is 7.76. The van der Waals surface area contributed by atoms with Crippen LogP contribution in [0.25, 0.3) is 0 Å². The van der Waals surface area contributed by atoms with Crippen molar-refractivity contribution in [3.63, 3.8) is 0 Å². The molecule has 0 aliphatic rings. The molecule has 0 saturated heterocycles. The van der Waals surface area contributed by atoms with E-state index in [4.69, 9.17) is 16.0 Å². The van der Waals surface area contributed by atoms with Gasteiger partial charge in [0.1, 0.15) is 18.5 Å². The number of amidine groups is 1. The Hall–Kier alpha value is -2.97. The van der Waals surface area contributed by atoms with E-state index in [0.717, 1.165) is 5.56 Å². The average molecular weight is 321 g/mol. The summed E-state index contributed by atoms with van der Waals surface area (Å²) in [5.74, 6) is 4.08. The lowest BCUT2D eigenvalue weighted by molar-refractivity contribution is -0.143. The molecular formula is C14H19N5O4. The zero-order chi connectivity index (χ0) is 17.1. The van der Waals surface area contributed by atoms with Crippen molar-refractivity contribution in [3.8, 4) is 0 Å². The number of carbonyl (C=O) groups excluding carboxylic acids is 2. The van der Waals surface area contributed by atoms with Gasteiger partial charge in [-0.15, -0.1) is 5.11 Å². The molecule has 1 aromatic rings. The van der Waals surface area contributed by atoms with E-state index in [1.807, 2.05) is 30.3 Å². The second-order valence-electron chi connectivity index (χ2n) is 4.48. The van der Waals surface area contributed by atoms with Crippen LogP contribution in [0.1, 0.15) is 18.4 Å². The predicted octanol–water partition coefficient (Wildman–Crippen LogP) is 1.54. The largest absolute Gasteiger partial charge is 0.467 e. The number of nitrogens with one attached hydrogen (secondary N) is 2. The summed E-state index contributed by atoms with van der Waals surface area (Å²) in [7, 11) is 1.21. The van der Waals surface area contributed by atoms with Crippen LogP contribution >= 0.6 is 0 Å². The Labute approximate surface area is 133 Å². The van der Waals surface area contributed by atoms with Crippen molar-refractivity contribution in [1.29, 1.82) is 5.41 Å². The molecule has 9 heteroatoms. The van der Waals surface area contributed by atoms with Gasteiger partial charge >= 0.3 is 12.1 Å². The molecule has 9 nitrogen and oxygen atoms in total. The smallest absolute Gasteiger partial charge is 0.408 e. The first-order valence-corrected chi connectivity index (χ1v) is 6.80. The van der Waals surface area contributed by atoms with E-state index < -0.39 is 18.1 Å². The first-order chi connectivity index (χ1) is 11.1. The van der Waals surface area contributed by atoms with Gasteiger partial charge in [-0.2, -0.15) is 0 Å². The quantitative estimate of drug-likeness (QED) is 0.174. The second kappa shape index (κ2) is 9.87. The summed E-state index contributed by atoms with van der Waals surface area (Å²) in [6, 6.07) is 8.17. The Balaban J connectivity index is 2.50. The van der Waals surface area contributed by atoms with Gasteiger partial charge in [0.2, 0.25) is 0 Å². The molecule has 1 aromatic carbocycles. The monoisotopic (exact) mass is 321 g/mol. The molecule has 0 saturated carbocycles. The average Bonchev–Trinajstić information content (AvgIpc) is 2.57. The number of carbonyl (C=O) groups is 2. The third kappa shape index (κ3) is 7.02. The fourth-order valence-electron chi connectivity index (χ4n) is 1.70. The Morgan fingerprint density at radius 1 is 1.35 bits per heavy atom. The number of ether oxygens (including phenoxy) is 2. The van der Waals surface area contributed by atoms with E-state index in [9.17, 15) is 9.59 Å². The van der Waals surface area contributed by atoms with Gasteiger partial charge in [0.15, 0.2) is 0 Å². The molecule has 0 bridgehead atoms. The molecule has 124 valence electrons. The van der Waals surface area contributed by atoms with Gasteiger partial charge < -0.3 is 20.6 Å². The van der Waals surface area contributed by atoms with Crippen molar-refractivity contribution in [1.82, 2.24) is 5.32 Å². The number of rotatable bonds is 7. The zero-order valence-electron chi connectivity index (χ0n) is 12.7. The highest BCUT2D eigenvalue weighted by molar-refractivity contribution is 5.83. The number of alkyl carbamates (subject to hydrolysis) is 1. The maximum absolute atomic E-state index is 11.8. The Morgan fingerprint density at radius 2 is 2.04 bits per heavy atom. The number of hydrogen-bond donors (Lipinski definition) is 3. The SMILES string of the molecule is COC(=O)C(CCC(=N)N=NN)NC(=O)OCc1ccccc1. The third-order valence-corrected chi connectivity index (χ3v) is 2.84. The highest BCUT2D eigenvalue weighted by Crippen LogP contribution is 2.04. The van der Waals surface area contributed by atoms with Gasteiger partial charge in [-0.25, -0.2) is 9.59 Å². The third-order valence-electron chi connectivity index (χ3n) is 2.84. The van der Waals surface area contributed by atoms with Crippen molar-refractivity contribution in [3.05, 3.63) is 35.9 Å². The van der Waals surface area contributed by atoms with Gasteiger partial charge in [-0.3, -0.25) is 5.41 Å². The predicted molar refractivity (Wildman–Crippen MR) is 81.6 cm³/mol. The Morgan fingerprint density at radius 3 is 2.65 bits per heavy atom. The minimum Gasteiger partial charge on any atom is -0.467 e. The molecule has 1 unspecified atom stereocenters. The van der Waals surface area contributed by atoms with Gasteiger partial charge in [0, 0.05) is 6.42 Å². The van der Waals surface area contributed by atoms with E-state index in [1.165, 1.54) is 7.11 Å². The number of benzene rings is 1. The molecule has 0 fully saturated rings. The number of methoxy groups -OCH3 is 1. The standard InChI is InChI=1S/C14H19N5O4/c1-22-13(20)11(7-8-12(15)18-19-16)17-14(21)23-9-10-5-3-2-4-6-10/h2-6,11H,7-9H2,1H3,(H,17,21)(H3,15,16,18). The van der Waals surface area contributed by atoms with Gasteiger partial charge in [-0.05, 0) is 12.0 Å². The minimum atomic E-state index is -0.948. The molecule has 1 atom stereocenters. The van der Waals surface area contributed by atoms with Crippen LogP contribution in [0.4, 0.5) is 4.79 Å². The molecule has 1 rings (SSSR count). The van der Waals surface area contributed by atoms with Gasteiger partial charge in [0.25, 0.3) is 0 Å². The Bertz CT molecular complexity index is 562. The fourth-order valence-corrected chi connectivity index (χ4v) is 1.70. The number of hydrogen-bond acceptors (Lipinski definition) is 6. The molecule has 0 aromatic heterocycles. The highest BCUT2D eigenvalue weighted by atomic mass is 16.6. The van der Waals surface area contributed by atoms with Crippen LogP contribution in [-0.4, -0.2) is 31.0 Å². The topological polar surface area (TPSA) is 139 Å². The van der Waals surface area contributed by atoms with E-state index in [2.05, 4.69) is 20.4 Å². The van der Waals surface area contributed by atoms with Gasteiger partial charge in [-0.1, -0.05) is 35.6 Å².